The molecule has 19 heteroatoms. The Morgan fingerprint density at radius 3 is 1.04 bits per heavy atom. The van der Waals surface area contributed by atoms with Gasteiger partial charge in [-0.15, -0.1) is 0 Å². The van der Waals surface area contributed by atoms with Crippen LogP contribution in [0.2, 0.25) is 0 Å². The molecule has 0 aliphatic rings. The fourth-order valence-corrected chi connectivity index (χ4v) is 8.17. The maximum Gasteiger partial charge on any atom is 0.323 e. The van der Waals surface area contributed by atoms with E-state index in [0.717, 1.165) is 48.5 Å². The minimum absolute atomic E-state index is 0.0345. The van der Waals surface area contributed by atoms with Gasteiger partial charge in [0.2, 0.25) is 0 Å². The first-order valence-electron chi connectivity index (χ1n) is 14.7. The van der Waals surface area contributed by atoms with Crippen molar-refractivity contribution in [2.75, 3.05) is 20.1 Å². The third-order valence-corrected chi connectivity index (χ3v) is 12.0. The van der Waals surface area contributed by atoms with Crippen LogP contribution < -0.4 is 20.1 Å². The summed E-state index contributed by atoms with van der Waals surface area (Å²) in [5.74, 6) is 0. The van der Waals surface area contributed by atoms with Gasteiger partial charge in [-0.2, -0.15) is 0 Å². The average Bonchev–Trinajstić information content (AvgIpc) is 3.07. The largest absolute Gasteiger partial charge is 0.744 e. The molecule has 2 amide bonds. The van der Waals surface area contributed by atoms with Gasteiger partial charge < -0.3 is 19.7 Å². The highest BCUT2D eigenvalue weighted by molar-refractivity contribution is 7.93. The van der Waals surface area contributed by atoms with E-state index in [2.05, 4.69) is 20.1 Å². The highest BCUT2D eigenvalue weighted by Crippen LogP contribution is 2.27. The number of hydrogen-bond acceptors (Lipinski definition) is 11. The van der Waals surface area contributed by atoms with Gasteiger partial charge in [0, 0.05) is 22.7 Å². The van der Waals surface area contributed by atoms with Crippen LogP contribution in [0.3, 0.4) is 0 Å². The summed E-state index contributed by atoms with van der Waals surface area (Å²) in [5.41, 5.74) is 0.714. The third-order valence-electron chi connectivity index (χ3n) is 7.55. The lowest BCUT2D eigenvalue weighted by Crippen LogP contribution is -2.19. The topological polar surface area (TPSA) is 248 Å². The number of carbonyl (C=O) groups excluding carboxylic acids is 1. The molecule has 0 aliphatic heterocycles. The van der Waals surface area contributed by atoms with E-state index < -0.39 is 56.1 Å². The van der Waals surface area contributed by atoms with Gasteiger partial charge in [0.15, 0.2) is 0 Å². The molecule has 268 valence electrons. The third kappa shape index (κ3) is 8.31. The highest BCUT2D eigenvalue weighted by Gasteiger charge is 2.17. The molecule has 0 atom stereocenters. The Morgan fingerprint density at radius 2 is 0.692 bits per heavy atom. The molecule has 0 saturated heterocycles. The molecule has 0 spiro atoms. The zero-order valence-electron chi connectivity index (χ0n) is 26.2. The standard InChI is InChI=1S/C33H26N4O11S4/c38-33(34-27-5-1-21-3-11-31(19-23(21)17-27)49(39,40)36-25-7-13-29(14-8-25)51(43,44)45)35-28-6-2-22-4-12-32(20-24(22)18-28)50(41,42)37-26-9-15-30(16-10-26)52(46,47)48/h1-20,36-37H,(H2,34,35,38)(H,43,44,45)(H,46,47,48)/p-2. The Bertz CT molecular complexity index is 2640. The quantitative estimate of drug-likeness (QED) is 0.134. The minimum Gasteiger partial charge on any atom is -0.744 e. The molecular formula is C33H24N4O11S4-2. The first-order chi connectivity index (χ1) is 24.4. The Kier molecular flexibility index (Phi) is 9.42. The summed E-state index contributed by atoms with van der Waals surface area (Å²) >= 11 is 0. The molecule has 6 aromatic carbocycles. The molecule has 52 heavy (non-hydrogen) atoms. The van der Waals surface area contributed by atoms with Crippen LogP contribution in [0.1, 0.15) is 0 Å². The second-order valence-electron chi connectivity index (χ2n) is 11.2. The van der Waals surface area contributed by atoms with Crippen LogP contribution in [0.25, 0.3) is 21.5 Å². The van der Waals surface area contributed by atoms with Crippen LogP contribution >= 0.6 is 0 Å². The number of urea groups is 1. The van der Waals surface area contributed by atoms with Crippen LogP contribution in [0.5, 0.6) is 0 Å². The number of sulfonamides is 2. The summed E-state index contributed by atoms with van der Waals surface area (Å²) in [7, 11) is -17.7. The number of nitrogens with one attached hydrogen (secondary N) is 4. The summed E-state index contributed by atoms with van der Waals surface area (Å²) in [5, 5.41) is 7.60. The molecule has 0 bridgehead atoms. The molecule has 0 radical (unpaired) electrons. The SMILES string of the molecule is O=C(Nc1ccc2ccc(S(=O)(=O)Nc3ccc(S(=O)(=O)[O-])cc3)cc2c1)Nc1ccc2ccc(S(=O)(=O)Nc3ccc(S(=O)(=O)[O-])cc3)cc2c1. The number of anilines is 4. The maximum atomic E-state index is 13.0. The monoisotopic (exact) mass is 780 g/mol. The lowest BCUT2D eigenvalue weighted by atomic mass is 10.1. The normalized spacial score (nSPS) is 12.3. The molecular weight excluding hydrogens is 757 g/mol. The number of rotatable bonds is 10. The number of carbonyl (C=O) groups is 1. The van der Waals surface area contributed by atoms with E-state index in [0.29, 0.717) is 32.9 Å². The predicted molar refractivity (Wildman–Crippen MR) is 191 cm³/mol. The van der Waals surface area contributed by atoms with Gasteiger partial charge in [-0.05, 0) is 119 Å². The molecule has 0 aromatic heterocycles. The minimum atomic E-state index is -4.70. The van der Waals surface area contributed by atoms with Crippen molar-refractivity contribution < 1.29 is 47.6 Å². The first-order valence-corrected chi connectivity index (χ1v) is 20.5. The Morgan fingerprint density at radius 1 is 0.385 bits per heavy atom. The number of hydrogen-bond donors (Lipinski definition) is 4. The van der Waals surface area contributed by atoms with Gasteiger partial charge in [-0.3, -0.25) is 9.44 Å². The van der Waals surface area contributed by atoms with Crippen LogP contribution in [0, 0.1) is 0 Å². The number of fused-ring (bicyclic) bond motifs is 2. The van der Waals surface area contributed by atoms with E-state index in [1.54, 1.807) is 48.5 Å². The van der Waals surface area contributed by atoms with E-state index in [1.807, 2.05) is 0 Å². The average molecular weight is 781 g/mol. The second kappa shape index (κ2) is 13.5. The highest BCUT2D eigenvalue weighted by atomic mass is 32.2. The van der Waals surface area contributed by atoms with Gasteiger partial charge in [0.05, 0.1) is 19.6 Å². The Labute approximate surface area is 297 Å². The summed E-state index contributed by atoms with van der Waals surface area (Å²) in [6, 6.07) is 26.2. The van der Waals surface area contributed by atoms with Crippen LogP contribution in [-0.4, -0.2) is 48.8 Å². The van der Waals surface area contributed by atoms with Crippen molar-refractivity contribution in [3.8, 4) is 0 Å². The first kappa shape index (κ1) is 36.2. The maximum absolute atomic E-state index is 13.0. The Balaban J connectivity index is 1.15. The molecule has 6 rings (SSSR count). The molecule has 0 unspecified atom stereocenters. The fourth-order valence-electron chi connectivity index (χ4n) is 5.04. The van der Waals surface area contributed by atoms with E-state index in [4.69, 9.17) is 0 Å². The van der Waals surface area contributed by atoms with Crippen LogP contribution in [0.15, 0.2) is 141 Å². The van der Waals surface area contributed by atoms with E-state index in [-0.39, 0.29) is 21.2 Å². The lowest BCUT2D eigenvalue weighted by molar-refractivity contribution is 0.262. The van der Waals surface area contributed by atoms with Crippen molar-refractivity contribution in [3.05, 3.63) is 121 Å². The van der Waals surface area contributed by atoms with Gasteiger partial charge >= 0.3 is 6.03 Å². The Hall–Kier alpha value is -5.57. The molecule has 4 N–H and O–H groups in total. The van der Waals surface area contributed by atoms with Crippen LogP contribution in [0.4, 0.5) is 27.5 Å². The van der Waals surface area contributed by atoms with Crippen molar-refractivity contribution in [3.63, 3.8) is 0 Å². The van der Waals surface area contributed by atoms with Crippen molar-refractivity contribution in [1.82, 2.24) is 0 Å². The fraction of sp³-hybridized carbons (Fsp3) is 0. The predicted octanol–water partition coefficient (Wildman–Crippen LogP) is 5.05. The van der Waals surface area contributed by atoms with Crippen LogP contribution in [-0.2, 0) is 40.3 Å². The molecule has 0 saturated carbocycles. The van der Waals surface area contributed by atoms with E-state index in [1.165, 1.54) is 24.3 Å². The van der Waals surface area contributed by atoms with E-state index in [9.17, 15) is 47.6 Å². The molecule has 6 aromatic rings. The smallest absolute Gasteiger partial charge is 0.323 e. The second-order valence-corrected chi connectivity index (χ2v) is 17.3. The summed E-state index contributed by atoms with van der Waals surface area (Å²) in [4.78, 5) is 11.7. The molecule has 15 nitrogen and oxygen atoms in total. The molecule has 0 fully saturated rings. The van der Waals surface area contributed by atoms with Gasteiger partial charge in [-0.1, -0.05) is 24.3 Å². The van der Waals surface area contributed by atoms with Crippen molar-refractivity contribution in [2.45, 2.75) is 19.6 Å². The lowest BCUT2D eigenvalue weighted by Gasteiger charge is -2.12. The zero-order chi connectivity index (χ0) is 37.5. The van der Waals surface area contributed by atoms with Gasteiger partial charge in [0.25, 0.3) is 20.0 Å². The van der Waals surface area contributed by atoms with Gasteiger partial charge in [-0.25, -0.2) is 38.5 Å². The summed E-state index contributed by atoms with van der Waals surface area (Å²) < 4.78 is 124. The van der Waals surface area contributed by atoms with Crippen molar-refractivity contribution >= 4 is 90.6 Å². The zero-order valence-corrected chi connectivity index (χ0v) is 29.4. The number of amides is 2. The summed E-state index contributed by atoms with van der Waals surface area (Å²) in [6.07, 6.45) is 0. The molecule has 0 aliphatic carbocycles. The molecule has 0 heterocycles. The summed E-state index contributed by atoms with van der Waals surface area (Å²) in [6.45, 7) is 0. The van der Waals surface area contributed by atoms with Crippen molar-refractivity contribution in [2.24, 2.45) is 0 Å². The van der Waals surface area contributed by atoms with Gasteiger partial charge in [0.1, 0.15) is 20.2 Å². The number of benzene rings is 6. The van der Waals surface area contributed by atoms with E-state index >= 15 is 0 Å². The van der Waals surface area contributed by atoms with Crippen molar-refractivity contribution in [1.29, 1.82) is 0 Å².